The molecule has 3 aromatic rings. The molecule has 1 aliphatic heterocycles. The topological polar surface area (TPSA) is 65.2 Å². The number of benzene rings is 2. The van der Waals surface area contributed by atoms with Crippen molar-refractivity contribution < 1.29 is 4.79 Å². The molecule has 0 saturated heterocycles. The summed E-state index contributed by atoms with van der Waals surface area (Å²) < 4.78 is 0. The second-order valence-electron chi connectivity index (χ2n) is 7.86. The monoisotopic (exact) mass is 389 g/mol. The van der Waals surface area contributed by atoms with E-state index in [1.54, 1.807) is 0 Å². The van der Waals surface area contributed by atoms with Crippen LogP contribution in [0, 0.1) is 6.92 Å². The van der Waals surface area contributed by atoms with Gasteiger partial charge < -0.3 is 10.3 Å². The number of carbonyl (C=O) groups excluding carboxylic acids is 1. The lowest BCUT2D eigenvalue weighted by Crippen LogP contribution is -2.37. The van der Waals surface area contributed by atoms with Crippen LogP contribution in [0.25, 0.3) is 10.9 Å². The Hall–Kier alpha value is -2.92. The average Bonchev–Trinajstić information content (AvgIpc) is 2.72. The lowest BCUT2D eigenvalue weighted by molar-refractivity contribution is -0.121. The molecule has 0 bridgehead atoms. The summed E-state index contributed by atoms with van der Waals surface area (Å²) in [6.07, 6.45) is 1.83. The number of aromatic nitrogens is 1. The molecule has 0 fully saturated rings. The Labute approximate surface area is 170 Å². The van der Waals surface area contributed by atoms with E-state index in [1.165, 1.54) is 11.1 Å². The van der Waals surface area contributed by atoms with Gasteiger partial charge in [0.1, 0.15) is 0 Å². The molecular weight excluding hydrogens is 362 g/mol. The van der Waals surface area contributed by atoms with Crippen molar-refractivity contribution in [1.29, 1.82) is 0 Å². The third kappa shape index (κ3) is 4.74. The predicted molar refractivity (Wildman–Crippen MR) is 116 cm³/mol. The SMILES string of the molecule is Cc1ccc2cc(CCC(=O)NCCN3CCc4ccccc4C3)c(=O)[nH]c2c1. The van der Waals surface area contributed by atoms with Gasteiger partial charge in [-0.1, -0.05) is 36.4 Å². The lowest BCUT2D eigenvalue weighted by atomic mass is 10.00. The van der Waals surface area contributed by atoms with Crippen LogP contribution in [0.1, 0.15) is 28.7 Å². The molecule has 0 atom stereocenters. The molecule has 2 aromatic carbocycles. The van der Waals surface area contributed by atoms with Gasteiger partial charge >= 0.3 is 0 Å². The van der Waals surface area contributed by atoms with Crippen LogP contribution in [0.4, 0.5) is 0 Å². The number of H-pyrrole nitrogens is 1. The quantitative estimate of drug-likeness (QED) is 0.681. The van der Waals surface area contributed by atoms with Crippen molar-refractivity contribution in [3.8, 4) is 0 Å². The standard InChI is InChI=1S/C24H27N3O2/c1-17-6-7-19-15-20(24(29)26-22(19)14-17)8-9-23(28)25-11-13-27-12-10-18-4-2-3-5-21(18)16-27/h2-7,14-15H,8-13,16H2,1H3,(H,25,28)(H,26,29). The number of nitrogens with one attached hydrogen (secondary N) is 2. The second-order valence-corrected chi connectivity index (χ2v) is 7.86. The molecule has 0 spiro atoms. The van der Waals surface area contributed by atoms with Crippen LogP contribution in [0.3, 0.4) is 0 Å². The van der Waals surface area contributed by atoms with Crippen LogP contribution < -0.4 is 10.9 Å². The van der Waals surface area contributed by atoms with Gasteiger partial charge in [-0.2, -0.15) is 0 Å². The molecule has 4 rings (SSSR count). The molecule has 0 radical (unpaired) electrons. The number of fused-ring (bicyclic) bond motifs is 2. The van der Waals surface area contributed by atoms with E-state index in [4.69, 9.17) is 0 Å². The molecular formula is C24H27N3O2. The van der Waals surface area contributed by atoms with Crippen molar-refractivity contribution in [1.82, 2.24) is 15.2 Å². The van der Waals surface area contributed by atoms with Crippen molar-refractivity contribution in [2.75, 3.05) is 19.6 Å². The van der Waals surface area contributed by atoms with E-state index in [2.05, 4.69) is 39.5 Å². The van der Waals surface area contributed by atoms with Crippen LogP contribution >= 0.6 is 0 Å². The summed E-state index contributed by atoms with van der Waals surface area (Å²) in [6, 6.07) is 16.4. The molecule has 0 aliphatic carbocycles. The number of rotatable bonds is 6. The molecule has 1 aliphatic rings. The van der Waals surface area contributed by atoms with Crippen LogP contribution in [-0.2, 0) is 24.2 Å². The van der Waals surface area contributed by atoms with Gasteiger partial charge in [0, 0.05) is 43.7 Å². The third-order valence-electron chi connectivity index (χ3n) is 5.66. The van der Waals surface area contributed by atoms with Crippen molar-refractivity contribution in [3.05, 3.63) is 81.1 Å². The Bertz CT molecular complexity index is 1090. The molecule has 0 saturated carbocycles. The first-order valence-corrected chi connectivity index (χ1v) is 10.3. The van der Waals surface area contributed by atoms with Crippen LogP contribution in [0.5, 0.6) is 0 Å². The average molecular weight is 389 g/mol. The lowest BCUT2D eigenvalue weighted by Gasteiger charge is -2.28. The van der Waals surface area contributed by atoms with Crippen molar-refractivity contribution in [2.24, 2.45) is 0 Å². The highest BCUT2D eigenvalue weighted by Crippen LogP contribution is 2.18. The second kappa shape index (κ2) is 8.62. The molecule has 1 amide bonds. The highest BCUT2D eigenvalue weighted by molar-refractivity contribution is 5.80. The summed E-state index contributed by atoms with van der Waals surface area (Å²) in [4.78, 5) is 29.8. The summed E-state index contributed by atoms with van der Waals surface area (Å²) in [5.74, 6) is -0.00851. The molecule has 2 heterocycles. The minimum absolute atomic E-state index is 0.00851. The van der Waals surface area contributed by atoms with E-state index in [0.717, 1.165) is 42.5 Å². The highest BCUT2D eigenvalue weighted by atomic mass is 16.1. The minimum Gasteiger partial charge on any atom is -0.355 e. The first kappa shape index (κ1) is 19.4. The largest absolute Gasteiger partial charge is 0.355 e. The molecule has 5 nitrogen and oxygen atoms in total. The summed E-state index contributed by atoms with van der Waals surface area (Å²) in [5.41, 5.74) is 5.31. The van der Waals surface area contributed by atoms with E-state index < -0.39 is 0 Å². The summed E-state index contributed by atoms with van der Waals surface area (Å²) in [6.45, 7) is 5.44. The van der Waals surface area contributed by atoms with E-state index in [1.807, 2.05) is 31.2 Å². The van der Waals surface area contributed by atoms with Gasteiger partial charge in [-0.3, -0.25) is 14.5 Å². The Morgan fingerprint density at radius 1 is 1.14 bits per heavy atom. The molecule has 150 valence electrons. The molecule has 2 N–H and O–H groups in total. The van der Waals surface area contributed by atoms with Gasteiger partial charge in [0.25, 0.3) is 5.56 Å². The highest BCUT2D eigenvalue weighted by Gasteiger charge is 2.15. The number of aromatic amines is 1. The van der Waals surface area contributed by atoms with Gasteiger partial charge in [-0.05, 0) is 54.0 Å². The van der Waals surface area contributed by atoms with E-state index in [0.29, 0.717) is 24.9 Å². The zero-order valence-electron chi connectivity index (χ0n) is 16.8. The number of nitrogens with zero attached hydrogens (tertiary/aromatic N) is 1. The van der Waals surface area contributed by atoms with E-state index in [9.17, 15) is 9.59 Å². The number of pyridine rings is 1. The predicted octanol–water partition coefficient (Wildman–Crippen LogP) is 2.94. The van der Waals surface area contributed by atoms with Gasteiger partial charge in [0.15, 0.2) is 0 Å². The Morgan fingerprint density at radius 3 is 2.83 bits per heavy atom. The normalized spacial score (nSPS) is 14.0. The maximum absolute atomic E-state index is 12.3. The van der Waals surface area contributed by atoms with E-state index >= 15 is 0 Å². The van der Waals surface area contributed by atoms with Crippen molar-refractivity contribution in [2.45, 2.75) is 32.7 Å². The Balaban J connectivity index is 1.25. The van der Waals surface area contributed by atoms with Gasteiger partial charge in [0.2, 0.25) is 5.91 Å². The maximum Gasteiger partial charge on any atom is 0.251 e. The van der Waals surface area contributed by atoms with Crippen LogP contribution in [-0.4, -0.2) is 35.4 Å². The molecule has 5 heteroatoms. The summed E-state index contributed by atoms with van der Waals surface area (Å²) in [5, 5.41) is 3.99. The van der Waals surface area contributed by atoms with Crippen molar-refractivity contribution in [3.63, 3.8) is 0 Å². The first-order chi connectivity index (χ1) is 14.1. The number of amides is 1. The molecule has 29 heavy (non-hydrogen) atoms. The summed E-state index contributed by atoms with van der Waals surface area (Å²) >= 11 is 0. The van der Waals surface area contributed by atoms with Crippen LogP contribution in [0.2, 0.25) is 0 Å². The maximum atomic E-state index is 12.3. The molecule has 0 unspecified atom stereocenters. The fraction of sp³-hybridized carbons (Fsp3) is 0.333. The van der Waals surface area contributed by atoms with Gasteiger partial charge in [-0.25, -0.2) is 0 Å². The smallest absolute Gasteiger partial charge is 0.251 e. The third-order valence-corrected chi connectivity index (χ3v) is 5.66. The fourth-order valence-corrected chi connectivity index (χ4v) is 3.98. The number of hydrogen-bond acceptors (Lipinski definition) is 3. The number of hydrogen-bond donors (Lipinski definition) is 2. The van der Waals surface area contributed by atoms with Crippen LogP contribution in [0.15, 0.2) is 53.3 Å². The van der Waals surface area contributed by atoms with Gasteiger partial charge in [-0.15, -0.1) is 0 Å². The van der Waals surface area contributed by atoms with Crippen molar-refractivity contribution >= 4 is 16.8 Å². The Kier molecular flexibility index (Phi) is 5.76. The minimum atomic E-state index is -0.108. The van der Waals surface area contributed by atoms with Gasteiger partial charge in [0.05, 0.1) is 0 Å². The zero-order valence-corrected chi connectivity index (χ0v) is 16.8. The summed E-state index contributed by atoms with van der Waals surface area (Å²) in [7, 11) is 0. The first-order valence-electron chi connectivity index (χ1n) is 10.3. The Morgan fingerprint density at radius 2 is 1.97 bits per heavy atom. The molecule has 1 aromatic heterocycles. The fourth-order valence-electron chi connectivity index (χ4n) is 3.98. The van der Waals surface area contributed by atoms with E-state index in [-0.39, 0.29) is 11.5 Å². The number of aryl methyl sites for hydroxylation is 2. The zero-order chi connectivity index (χ0) is 20.2. The number of carbonyl (C=O) groups is 1.